The number of nitrogens with zero attached hydrogens (tertiary/aromatic N) is 1. The normalized spacial score (nSPS) is 17.6. The highest BCUT2D eigenvalue weighted by molar-refractivity contribution is 7.88. The topological polar surface area (TPSA) is 83.9 Å². The molecule has 0 spiro atoms. The van der Waals surface area contributed by atoms with Crippen molar-refractivity contribution in [1.82, 2.24) is 4.31 Å². The van der Waals surface area contributed by atoms with Gasteiger partial charge in [-0.1, -0.05) is 12.1 Å². The summed E-state index contributed by atoms with van der Waals surface area (Å²) in [6, 6.07) is 6.33. The number of ether oxygens (including phenoxy) is 1. The minimum absolute atomic E-state index is 0.107. The molecule has 1 N–H and O–H groups in total. The van der Waals surface area contributed by atoms with Crippen LogP contribution in [0.5, 0.6) is 0 Å². The van der Waals surface area contributed by atoms with Gasteiger partial charge in [0.05, 0.1) is 24.5 Å². The molecule has 6 nitrogen and oxygen atoms in total. The molecule has 0 unspecified atom stereocenters. The first-order valence-electron chi connectivity index (χ1n) is 6.75. The van der Waals surface area contributed by atoms with Crippen LogP contribution in [0.15, 0.2) is 24.3 Å². The molecule has 21 heavy (non-hydrogen) atoms. The lowest BCUT2D eigenvalue weighted by molar-refractivity contribution is 0.0600. The number of benzene rings is 1. The summed E-state index contributed by atoms with van der Waals surface area (Å²) < 4.78 is 30.6. The second kappa shape index (κ2) is 6.55. The molecular formula is C14H19NO5S. The van der Waals surface area contributed by atoms with Crippen molar-refractivity contribution >= 4 is 16.0 Å². The van der Waals surface area contributed by atoms with Gasteiger partial charge in [-0.2, -0.15) is 0 Å². The zero-order valence-corrected chi connectivity index (χ0v) is 12.7. The standard InChI is InChI=1S/C14H19NO5S/c1-20-14(17)12-4-2-11(3-5-12)10-21(18,19)15-8-6-13(16)7-9-15/h2-5,13,16H,6-10H2,1H3. The lowest BCUT2D eigenvalue weighted by Gasteiger charge is -2.28. The van der Waals surface area contributed by atoms with Crippen LogP contribution in [-0.4, -0.2) is 50.1 Å². The van der Waals surface area contributed by atoms with E-state index in [9.17, 15) is 18.3 Å². The van der Waals surface area contributed by atoms with Gasteiger partial charge < -0.3 is 9.84 Å². The Labute approximate surface area is 124 Å². The molecule has 0 aliphatic carbocycles. The molecular weight excluding hydrogens is 294 g/mol. The first-order valence-corrected chi connectivity index (χ1v) is 8.36. The summed E-state index contributed by atoms with van der Waals surface area (Å²) in [6.45, 7) is 0.702. The Morgan fingerprint density at radius 3 is 2.38 bits per heavy atom. The van der Waals surface area contributed by atoms with Crippen molar-refractivity contribution in [3.05, 3.63) is 35.4 Å². The smallest absolute Gasteiger partial charge is 0.337 e. The quantitative estimate of drug-likeness (QED) is 0.830. The molecule has 7 heteroatoms. The van der Waals surface area contributed by atoms with Crippen LogP contribution >= 0.6 is 0 Å². The number of esters is 1. The van der Waals surface area contributed by atoms with E-state index in [0.717, 1.165) is 0 Å². The van der Waals surface area contributed by atoms with Crippen molar-refractivity contribution < 1.29 is 23.1 Å². The first kappa shape index (κ1) is 15.9. The van der Waals surface area contributed by atoms with Gasteiger partial charge in [-0.25, -0.2) is 17.5 Å². The number of methoxy groups -OCH3 is 1. The van der Waals surface area contributed by atoms with Gasteiger partial charge in [0.1, 0.15) is 0 Å². The highest BCUT2D eigenvalue weighted by Crippen LogP contribution is 2.18. The number of rotatable bonds is 4. The van der Waals surface area contributed by atoms with Crippen LogP contribution in [0.25, 0.3) is 0 Å². The molecule has 0 aromatic heterocycles. The number of aliphatic hydroxyl groups is 1. The summed E-state index contributed by atoms with van der Waals surface area (Å²) in [5.41, 5.74) is 1.01. The van der Waals surface area contributed by atoms with Gasteiger partial charge in [0, 0.05) is 13.1 Å². The number of aliphatic hydroxyl groups excluding tert-OH is 1. The second-order valence-corrected chi connectivity index (χ2v) is 7.04. The predicted octanol–water partition coefficient (Wildman–Crippen LogP) is 0.760. The molecule has 1 aromatic carbocycles. The zero-order valence-electron chi connectivity index (χ0n) is 11.9. The molecule has 1 aliphatic heterocycles. The Bertz CT molecular complexity index is 588. The van der Waals surface area contributed by atoms with Crippen molar-refractivity contribution in [2.45, 2.75) is 24.7 Å². The van der Waals surface area contributed by atoms with E-state index in [2.05, 4.69) is 4.74 Å². The van der Waals surface area contributed by atoms with Crippen LogP contribution in [-0.2, 0) is 20.5 Å². The fourth-order valence-electron chi connectivity index (χ4n) is 2.28. The summed E-state index contributed by atoms with van der Waals surface area (Å²) in [7, 11) is -2.10. The van der Waals surface area contributed by atoms with Gasteiger partial charge in [-0.3, -0.25) is 0 Å². The molecule has 0 saturated carbocycles. The molecule has 1 aromatic rings. The number of carbonyl (C=O) groups is 1. The summed E-state index contributed by atoms with van der Waals surface area (Å²) in [4.78, 5) is 11.3. The van der Waals surface area contributed by atoms with Crippen molar-refractivity contribution in [3.63, 3.8) is 0 Å². The number of sulfonamides is 1. The van der Waals surface area contributed by atoms with Gasteiger partial charge in [0.2, 0.25) is 10.0 Å². The van der Waals surface area contributed by atoms with Crippen LogP contribution in [0.4, 0.5) is 0 Å². The summed E-state index contributed by atoms with van der Waals surface area (Å²) in [6.07, 6.45) is 0.539. The maximum atomic E-state index is 12.3. The lowest BCUT2D eigenvalue weighted by Crippen LogP contribution is -2.40. The summed E-state index contributed by atoms with van der Waals surface area (Å²) in [5, 5.41) is 9.42. The number of hydrogen-bond acceptors (Lipinski definition) is 5. The van der Waals surface area contributed by atoms with Crippen LogP contribution in [0, 0.1) is 0 Å². The third-order valence-corrected chi connectivity index (χ3v) is 5.39. The van der Waals surface area contributed by atoms with Crippen molar-refractivity contribution in [1.29, 1.82) is 0 Å². The summed E-state index contributed by atoms with van der Waals surface area (Å²) in [5.74, 6) is -0.556. The Hall–Kier alpha value is -1.44. The third kappa shape index (κ3) is 4.03. The molecule has 0 atom stereocenters. The molecule has 0 radical (unpaired) electrons. The predicted molar refractivity (Wildman–Crippen MR) is 77.2 cm³/mol. The van der Waals surface area contributed by atoms with E-state index < -0.39 is 22.1 Å². The highest BCUT2D eigenvalue weighted by Gasteiger charge is 2.27. The Balaban J connectivity index is 2.05. The largest absolute Gasteiger partial charge is 0.465 e. The molecule has 0 bridgehead atoms. The fraction of sp³-hybridized carbons (Fsp3) is 0.500. The molecule has 0 amide bonds. The fourth-order valence-corrected chi connectivity index (χ4v) is 3.84. The average Bonchev–Trinajstić information content (AvgIpc) is 2.47. The molecule has 1 fully saturated rings. The van der Waals surface area contributed by atoms with Crippen LogP contribution < -0.4 is 0 Å². The van der Waals surface area contributed by atoms with Crippen molar-refractivity contribution in [3.8, 4) is 0 Å². The van der Waals surface area contributed by atoms with Crippen molar-refractivity contribution in [2.24, 2.45) is 0 Å². The maximum Gasteiger partial charge on any atom is 0.337 e. The van der Waals surface area contributed by atoms with Gasteiger partial charge in [0.25, 0.3) is 0 Å². The monoisotopic (exact) mass is 313 g/mol. The minimum Gasteiger partial charge on any atom is -0.465 e. The number of piperidine rings is 1. The molecule has 2 rings (SSSR count). The van der Waals surface area contributed by atoms with Crippen molar-refractivity contribution in [2.75, 3.05) is 20.2 Å². The van der Waals surface area contributed by atoms with E-state index in [4.69, 9.17) is 0 Å². The third-order valence-electron chi connectivity index (χ3n) is 3.54. The van der Waals surface area contributed by atoms with Gasteiger partial charge in [-0.15, -0.1) is 0 Å². The van der Waals surface area contributed by atoms with E-state index in [1.807, 2.05) is 0 Å². The molecule has 116 valence electrons. The molecule has 1 saturated heterocycles. The lowest BCUT2D eigenvalue weighted by atomic mass is 10.1. The number of carbonyl (C=O) groups excluding carboxylic acids is 1. The van der Waals surface area contributed by atoms with Crippen LogP contribution in [0.3, 0.4) is 0 Å². The Morgan fingerprint density at radius 1 is 1.29 bits per heavy atom. The van der Waals surface area contributed by atoms with Gasteiger partial charge >= 0.3 is 5.97 Å². The molecule has 1 heterocycles. The van der Waals surface area contributed by atoms with E-state index in [1.54, 1.807) is 24.3 Å². The van der Waals surface area contributed by atoms with E-state index in [-0.39, 0.29) is 5.75 Å². The minimum atomic E-state index is -3.39. The second-order valence-electron chi connectivity index (χ2n) is 5.07. The average molecular weight is 313 g/mol. The SMILES string of the molecule is COC(=O)c1ccc(CS(=O)(=O)N2CCC(O)CC2)cc1. The Morgan fingerprint density at radius 2 is 1.86 bits per heavy atom. The number of hydrogen-bond donors (Lipinski definition) is 1. The molecule has 1 aliphatic rings. The Kier molecular flexibility index (Phi) is 4.97. The van der Waals surface area contributed by atoms with Crippen LogP contribution in [0.1, 0.15) is 28.8 Å². The van der Waals surface area contributed by atoms with Gasteiger partial charge in [-0.05, 0) is 30.5 Å². The highest BCUT2D eigenvalue weighted by atomic mass is 32.2. The van der Waals surface area contributed by atoms with E-state index in [0.29, 0.717) is 37.1 Å². The summed E-state index contributed by atoms with van der Waals surface area (Å²) >= 11 is 0. The first-order chi connectivity index (χ1) is 9.92. The maximum absolute atomic E-state index is 12.3. The van der Waals surface area contributed by atoms with E-state index in [1.165, 1.54) is 11.4 Å². The van der Waals surface area contributed by atoms with Crippen LogP contribution in [0.2, 0.25) is 0 Å². The zero-order chi connectivity index (χ0) is 15.5. The van der Waals surface area contributed by atoms with E-state index >= 15 is 0 Å². The van der Waals surface area contributed by atoms with Gasteiger partial charge in [0.15, 0.2) is 0 Å².